The number of aromatic nitrogens is 1. The van der Waals surface area contributed by atoms with Gasteiger partial charge in [0.1, 0.15) is 17.2 Å². The third kappa shape index (κ3) is 6.00. The van der Waals surface area contributed by atoms with E-state index in [1.165, 1.54) is 13.2 Å². The fraction of sp³-hybridized carbons (Fsp3) is 0.240. The summed E-state index contributed by atoms with van der Waals surface area (Å²) < 4.78 is 10.3. The number of benzene rings is 2. The molecule has 0 radical (unpaired) electrons. The summed E-state index contributed by atoms with van der Waals surface area (Å²) in [5.41, 5.74) is 0.151. The molecular formula is C25H27N3O5. The molecule has 8 nitrogen and oxygen atoms in total. The van der Waals surface area contributed by atoms with Crippen LogP contribution in [0.25, 0.3) is 17.0 Å². The summed E-state index contributed by atoms with van der Waals surface area (Å²) in [6.07, 6.45) is 1.37. The maximum absolute atomic E-state index is 12.9. The first-order chi connectivity index (χ1) is 15.6. The second-order valence-corrected chi connectivity index (χ2v) is 8.45. The van der Waals surface area contributed by atoms with Gasteiger partial charge in [-0.05, 0) is 74.7 Å². The maximum Gasteiger partial charge on any atom is 0.268 e. The van der Waals surface area contributed by atoms with Crippen molar-refractivity contribution in [2.24, 2.45) is 0 Å². The number of nitrogens with one attached hydrogen (secondary N) is 3. The maximum atomic E-state index is 12.9. The number of rotatable bonds is 6. The highest BCUT2D eigenvalue weighted by molar-refractivity contribution is 6.05. The molecule has 0 saturated heterocycles. The van der Waals surface area contributed by atoms with Gasteiger partial charge >= 0.3 is 0 Å². The van der Waals surface area contributed by atoms with Crippen LogP contribution in [0.15, 0.2) is 59.0 Å². The Bertz CT molecular complexity index is 1270. The minimum absolute atomic E-state index is 0.0518. The fourth-order valence-electron chi connectivity index (χ4n) is 3.09. The van der Waals surface area contributed by atoms with E-state index in [1.807, 2.05) is 20.8 Å². The number of amides is 2. The summed E-state index contributed by atoms with van der Waals surface area (Å²) in [5.74, 6) is 0.207. The Balaban J connectivity index is 2.01. The van der Waals surface area contributed by atoms with E-state index >= 15 is 0 Å². The minimum atomic E-state index is -0.548. The number of carbonyl (C=O) groups is 2. The van der Waals surface area contributed by atoms with Crippen molar-refractivity contribution in [1.82, 2.24) is 15.6 Å². The lowest BCUT2D eigenvalue weighted by atomic mass is 10.1. The predicted molar refractivity (Wildman–Crippen MR) is 127 cm³/mol. The Labute approximate surface area is 191 Å². The van der Waals surface area contributed by atoms with Crippen molar-refractivity contribution in [1.29, 1.82) is 0 Å². The molecule has 172 valence electrons. The minimum Gasteiger partial charge on any atom is -0.497 e. The van der Waals surface area contributed by atoms with Crippen molar-refractivity contribution in [3.63, 3.8) is 0 Å². The van der Waals surface area contributed by atoms with Gasteiger partial charge in [0.25, 0.3) is 17.4 Å². The number of pyridine rings is 1. The number of carbonyl (C=O) groups excluding carboxylic acids is 2. The lowest BCUT2D eigenvalue weighted by molar-refractivity contribution is -0.119. The lowest BCUT2D eigenvalue weighted by Gasteiger charge is -2.22. The molecule has 0 atom stereocenters. The monoisotopic (exact) mass is 449 g/mol. The molecule has 8 heteroatoms. The van der Waals surface area contributed by atoms with E-state index in [4.69, 9.17) is 9.47 Å². The van der Waals surface area contributed by atoms with E-state index < -0.39 is 22.9 Å². The topological polar surface area (TPSA) is 110 Å². The molecule has 3 rings (SSSR count). The van der Waals surface area contributed by atoms with Crippen molar-refractivity contribution in [3.8, 4) is 11.5 Å². The van der Waals surface area contributed by atoms with Gasteiger partial charge in [-0.15, -0.1) is 0 Å². The van der Waals surface area contributed by atoms with E-state index in [1.54, 1.807) is 55.6 Å². The largest absolute Gasteiger partial charge is 0.497 e. The quantitative estimate of drug-likeness (QED) is 0.501. The standard InChI is InChI=1S/C25H27N3O5/c1-25(2,3)28-24(31)21(27-22(29)15-6-9-18(32-4)10-7-15)13-17-12-16-8-11-19(33-5)14-20(16)26-23(17)30/h6-14H,1-5H3,(H,26,30)(H,27,29)(H,28,31). The average molecular weight is 450 g/mol. The van der Waals surface area contributed by atoms with Crippen LogP contribution < -0.4 is 25.7 Å². The number of methoxy groups -OCH3 is 2. The van der Waals surface area contributed by atoms with Crippen molar-refractivity contribution >= 4 is 28.8 Å². The van der Waals surface area contributed by atoms with Gasteiger partial charge in [-0.25, -0.2) is 0 Å². The van der Waals surface area contributed by atoms with E-state index in [-0.39, 0.29) is 11.3 Å². The first kappa shape index (κ1) is 23.6. The van der Waals surface area contributed by atoms with Gasteiger partial charge < -0.3 is 25.1 Å². The summed E-state index contributed by atoms with van der Waals surface area (Å²) in [7, 11) is 3.08. The molecule has 3 aromatic rings. The molecule has 0 fully saturated rings. The molecule has 2 aromatic carbocycles. The summed E-state index contributed by atoms with van der Waals surface area (Å²) in [6.45, 7) is 5.47. The Morgan fingerprint density at radius 1 is 0.939 bits per heavy atom. The van der Waals surface area contributed by atoms with Gasteiger partial charge in [-0.2, -0.15) is 0 Å². The van der Waals surface area contributed by atoms with Crippen molar-refractivity contribution in [3.05, 3.63) is 75.7 Å². The van der Waals surface area contributed by atoms with Crippen LogP contribution in [0.2, 0.25) is 0 Å². The molecule has 0 spiro atoms. The molecule has 33 heavy (non-hydrogen) atoms. The van der Waals surface area contributed by atoms with Crippen molar-refractivity contribution < 1.29 is 19.1 Å². The normalized spacial score (nSPS) is 11.7. The van der Waals surface area contributed by atoms with Crippen molar-refractivity contribution in [2.75, 3.05) is 14.2 Å². The number of hydrogen-bond acceptors (Lipinski definition) is 5. The van der Waals surface area contributed by atoms with Crippen molar-refractivity contribution in [2.45, 2.75) is 26.3 Å². The van der Waals surface area contributed by atoms with Gasteiger partial charge in [0.2, 0.25) is 0 Å². The summed E-state index contributed by atoms with van der Waals surface area (Å²) in [4.78, 5) is 41.2. The molecule has 0 unspecified atom stereocenters. The SMILES string of the molecule is COc1ccc(C(=O)NC(=Cc2cc3ccc(OC)cc3[nH]c2=O)C(=O)NC(C)(C)C)cc1. The van der Waals surface area contributed by atoms with Crippen LogP contribution in [0, 0.1) is 0 Å². The fourth-order valence-corrected chi connectivity index (χ4v) is 3.09. The van der Waals surface area contributed by atoms with Crippen LogP contribution in [0.3, 0.4) is 0 Å². The molecular weight excluding hydrogens is 422 g/mol. The van der Waals surface area contributed by atoms with E-state index in [0.29, 0.717) is 22.6 Å². The third-order valence-electron chi connectivity index (χ3n) is 4.72. The first-order valence-corrected chi connectivity index (χ1v) is 10.3. The van der Waals surface area contributed by atoms with Gasteiger partial charge in [0, 0.05) is 22.7 Å². The smallest absolute Gasteiger partial charge is 0.268 e. The zero-order valence-electron chi connectivity index (χ0n) is 19.2. The van der Waals surface area contributed by atoms with Crippen LogP contribution in [0.1, 0.15) is 36.7 Å². The highest BCUT2D eigenvalue weighted by Gasteiger charge is 2.20. The Kier molecular flexibility index (Phi) is 6.86. The molecule has 0 bridgehead atoms. The summed E-state index contributed by atoms with van der Waals surface area (Å²) >= 11 is 0. The molecule has 0 saturated carbocycles. The predicted octanol–water partition coefficient (Wildman–Crippen LogP) is 3.23. The highest BCUT2D eigenvalue weighted by atomic mass is 16.5. The second-order valence-electron chi connectivity index (χ2n) is 8.45. The molecule has 1 aromatic heterocycles. The number of aromatic amines is 1. The molecule has 0 aliphatic rings. The molecule has 0 aliphatic heterocycles. The zero-order valence-corrected chi connectivity index (χ0v) is 19.2. The van der Waals surface area contributed by atoms with E-state index in [2.05, 4.69) is 15.6 Å². The van der Waals surface area contributed by atoms with Gasteiger partial charge in [-0.1, -0.05) is 0 Å². The number of ether oxygens (including phenoxy) is 2. The molecule has 0 aliphatic carbocycles. The third-order valence-corrected chi connectivity index (χ3v) is 4.72. The zero-order chi connectivity index (χ0) is 24.2. The van der Waals surface area contributed by atoms with Gasteiger partial charge in [-0.3, -0.25) is 14.4 Å². The summed E-state index contributed by atoms with van der Waals surface area (Å²) in [5, 5.41) is 6.20. The van der Waals surface area contributed by atoms with Crippen LogP contribution in [-0.2, 0) is 4.79 Å². The molecule has 1 heterocycles. The average Bonchev–Trinajstić information content (AvgIpc) is 2.77. The Morgan fingerprint density at radius 2 is 1.58 bits per heavy atom. The van der Waals surface area contributed by atoms with Crippen LogP contribution in [-0.4, -0.2) is 36.6 Å². The first-order valence-electron chi connectivity index (χ1n) is 10.3. The number of hydrogen-bond donors (Lipinski definition) is 3. The van der Waals surface area contributed by atoms with Crippen LogP contribution in [0.4, 0.5) is 0 Å². The molecule has 2 amide bonds. The van der Waals surface area contributed by atoms with Crippen LogP contribution >= 0.6 is 0 Å². The second kappa shape index (κ2) is 9.60. The Hall–Kier alpha value is -4.07. The van der Waals surface area contributed by atoms with Gasteiger partial charge in [0.05, 0.1) is 19.7 Å². The molecule has 3 N–H and O–H groups in total. The van der Waals surface area contributed by atoms with E-state index in [9.17, 15) is 14.4 Å². The van der Waals surface area contributed by atoms with Gasteiger partial charge in [0.15, 0.2) is 0 Å². The number of fused-ring (bicyclic) bond motifs is 1. The highest BCUT2D eigenvalue weighted by Crippen LogP contribution is 2.19. The number of H-pyrrole nitrogens is 1. The lowest BCUT2D eigenvalue weighted by Crippen LogP contribution is -2.44. The van der Waals surface area contributed by atoms with E-state index in [0.717, 1.165) is 5.39 Å². The van der Waals surface area contributed by atoms with Crippen LogP contribution in [0.5, 0.6) is 11.5 Å². The summed E-state index contributed by atoms with van der Waals surface area (Å²) in [6, 6.07) is 13.4. The Morgan fingerprint density at radius 3 is 2.18 bits per heavy atom.